The average molecular weight is 174 g/mol. The van der Waals surface area contributed by atoms with Crippen LogP contribution in [0.2, 0.25) is 0 Å². The van der Waals surface area contributed by atoms with Gasteiger partial charge in [0.2, 0.25) is 0 Å². The molecule has 1 heteroatoms. The Morgan fingerprint density at radius 2 is 1.92 bits per heavy atom. The zero-order chi connectivity index (χ0) is 10.0. The molecule has 0 N–H and O–H groups in total. The van der Waals surface area contributed by atoms with Gasteiger partial charge in [0.15, 0.2) is 5.78 Å². The number of aryl methyl sites for hydroxylation is 2. The van der Waals surface area contributed by atoms with E-state index in [0.29, 0.717) is 5.57 Å². The Morgan fingerprint density at radius 3 is 2.38 bits per heavy atom. The number of allylic oxidation sites excluding steroid dienone is 1. The molecule has 0 radical (unpaired) electrons. The van der Waals surface area contributed by atoms with Crippen molar-refractivity contribution in [2.75, 3.05) is 0 Å². The predicted octanol–water partition coefficient (Wildman–Crippen LogP) is 2.91. The van der Waals surface area contributed by atoms with E-state index in [1.165, 1.54) is 5.56 Å². The van der Waals surface area contributed by atoms with Gasteiger partial charge in [0, 0.05) is 5.57 Å². The van der Waals surface area contributed by atoms with Crippen molar-refractivity contribution in [2.24, 2.45) is 0 Å². The molecule has 0 aliphatic heterocycles. The Bertz CT molecular complexity index is 361. The van der Waals surface area contributed by atoms with Gasteiger partial charge < -0.3 is 0 Å². The van der Waals surface area contributed by atoms with Crippen LogP contribution in [-0.4, -0.2) is 5.78 Å². The van der Waals surface area contributed by atoms with Crippen LogP contribution in [0.15, 0.2) is 24.8 Å². The minimum absolute atomic E-state index is 0.0342. The van der Waals surface area contributed by atoms with E-state index in [-0.39, 0.29) is 5.78 Å². The van der Waals surface area contributed by atoms with Crippen molar-refractivity contribution in [2.45, 2.75) is 20.8 Å². The number of carbonyl (C=O) groups is 1. The maximum atomic E-state index is 11.1. The third kappa shape index (κ3) is 2.05. The van der Waals surface area contributed by atoms with E-state index in [0.717, 1.165) is 11.1 Å². The fourth-order valence-electron chi connectivity index (χ4n) is 1.34. The summed E-state index contributed by atoms with van der Waals surface area (Å²) in [5.74, 6) is 0.0342. The Kier molecular flexibility index (Phi) is 2.66. The molecule has 0 aliphatic carbocycles. The lowest BCUT2D eigenvalue weighted by Crippen LogP contribution is -1.96. The maximum Gasteiger partial charge on any atom is 0.159 e. The Hall–Kier alpha value is -1.37. The zero-order valence-electron chi connectivity index (χ0n) is 8.35. The molecule has 0 saturated carbocycles. The Balaban J connectivity index is 3.16. The fraction of sp³-hybridized carbons (Fsp3) is 0.250. The van der Waals surface area contributed by atoms with E-state index in [1.807, 2.05) is 26.0 Å². The molecule has 1 nitrogen and oxygen atoms in total. The van der Waals surface area contributed by atoms with Gasteiger partial charge in [0.25, 0.3) is 0 Å². The molecule has 0 saturated heterocycles. The molecule has 13 heavy (non-hydrogen) atoms. The van der Waals surface area contributed by atoms with Crippen LogP contribution >= 0.6 is 0 Å². The van der Waals surface area contributed by atoms with Gasteiger partial charge in [-0.15, -0.1) is 0 Å². The first-order valence-electron chi connectivity index (χ1n) is 4.30. The van der Waals surface area contributed by atoms with Gasteiger partial charge in [0.1, 0.15) is 0 Å². The highest BCUT2D eigenvalue weighted by atomic mass is 16.1. The Morgan fingerprint density at radius 1 is 1.31 bits per heavy atom. The topological polar surface area (TPSA) is 17.1 Å². The minimum Gasteiger partial charge on any atom is -0.295 e. The monoisotopic (exact) mass is 174 g/mol. The van der Waals surface area contributed by atoms with Crippen LogP contribution in [-0.2, 0) is 4.79 Å². The van der Waals surface area contributed by atoms with Crippen LogP contribution in [0.5, 0.6) is 0 Å². The summed E-state index contributed by atoms with van der Waals surface area (Å²) in [5.41, 5.74) is 3.87. The number of rotatable bonds is 2. The smallest absolute Gasteiger partial charge is 0.159 e. The second-order valence-corrected chi connectivity index (χ2v) is 3.35. The van der Waals surface area contributed by atoms with E-state index < -0.39 is 0 Å². The van der Waals surface area contributed by atoms with Crippen LogP contribution in [0.4, 0.5) is 0 Å². The quantitative estimate of drug-likeness (QED) is 0.630. The molecule has 1 aromatic carbocycles. The van der Waals surface area contributed by atoms with Gasteiger partial charge >= 0.3 is 0 Å². The summed E-state index contributed by atoms with van der Waals surface area (Å²) in [6, 6.07) is 6.01. The molecule has 0 spiro atoms. The number of hydrogen-bond donors (Lipinski definition) is 0. The summed E-state index contributed by atoms with van der Waals surface area (Å²) in [5, 5.41) is 0. The van der Waals surface area contributed by atoms with Crippen LogP contribution in [0.3, 0.4) is 0 Å². The van der Waals surface area contributed by atoms with E-state index in [9.17, 15) is 4.79 Å². The second-order valence-electron chi connectivity index (χ2n) is 3.35. The molecule has 0 unspecified atom stereocenters. The summed E-state index contributed by atoms with van der Waals surface area (Å²) < 4.78 is 0. The molecule has 0 amide bonds. The maximum absolute atomic E-state index is 11.1. The normalized spacial score (nSPS) is 9.77. The SMILES string of the molecule is C=C(C(C)=O)c1ccc(C)cc1C. The lowest BCUT2D eigenvalue weighted by molar-refractivity contribution is -0.111. The first-order valence-corrected chi connectivity index (χ1v) is 4.30. The van der Waals surface area contributed by atoms with Crippen LogP contribution < -0.4 is 0 Å². The van der Waals surface area contributed by atoms with Crippen LogP contribution in [0, 0.1) is 13.8 Å². The minimum atomic E-state index is 0.0342. The fourth-order valence-corrected chi connectivity index (χ4v) is 1.34. The highest BCUT2D eigenvalue weighted by molar-refractivity contribution is 6.19. The van der Waals surface area contributed by atoms with Crippen LogP contribution in [0.1, 0.15) is 23.6 Å². The summed E-state index contributed by atoms with van der Waals surface area (Å²) in [6.07, 6.45) is 0. The summed E-state index contributed by atoms with van der Waals surface area (Å²) in [7, 11) is 0. The predicted molar refractivity (Wildman–Crippen MR) is 55.6 cm³/mol. The van der Waals surface area contributed by atoms with Crippen molar-refractivity contribution in [3.05, 3.63) is 41.5 Å². The highest BCUT2D eigenvalue weighted by Gasteiger charge is 2.06. The first-order chi connectivity index (χ1) is 6.02. The molecule has 0 aromatic heterocycles. The van der Waals surface area contributed by atoms with Crippen molar-refractivity contribution in [1.29, 1.82) is 0 Å². The summed E-state index contributed by atoms with van der Waals surface area (Å²) in [6.45, 7) is 9.34. The van der Waals surface area contributed by atoms with Gasteiger partial charge in [-0.1, -0.05) is 30.3 Å². The molecule has 0 aliphatic rings. The van der Waals surface area contributed by atoms with Crippen molar-refractivity contribution >= 4 is 11.4 Å². The standard InChI is InChI=1S/C12H14O/c1-8-5-6-12(9(2)7-8)10(3)11(4)13/h5-7H,3H2,1-2,4H3. The van der Waals surface area contributed by atoms with Crippen molar-refractivity contribution < 1.29 is 4.79 Å². The van der Waals surface area contributed by atoms with Gasteiger partial charge in [0.05, 0.1) is 0 Å². The third-order valence-electron chi connectivity index (χ3n) is 2.13. The molecule has 1 aromatic rings. The van der Waals surface area contributed by atoms with E-state index in [4.69, 9.17) is 0 Å². The van der Waals surface area contributed by atoms with E-state index in [2.05, 4.69) is 12.6 Å². The number of benzene rings is 1. The van der Waals surface area contributed by atoms with E-state index >= 15 is 0 Å². The Labute approximate surface area is 79.1 Å². The van der Waals surface area contributed by atoms with Gasteiger partial charge in [-0.25, -0.2) is 0 Å². The third-order valence-corrected chi connectivity index (χ3v) is 2.13. The lowest BCUT2D eigenvalue weighted by atomic mass is 9.98. The number of carbonyl (C=O) groups excluding carboxylic acids is 1. The summed E-state index contributed by atoms with van der Waals surface area (Å²) >= 11 is 0. The molecule has 0 heterocycles. The molecule has 0 atom stereocenters. The number of ketones is 1. The molecule has 0 fully saturated rings. The highest BCUT2D eigenvalue weighted by Crippen LogP contribution is 2.18. The van der Waals surface area contributed by atoms with Crippen LogP contribution in [0.25, 0.3) is 5.57 Å². The molecule has 0 bridgehead atoms. The largest absolute Gasteiger partial charge is 0.295 e. The first kappa shape index (κ1) is 9.72. The number of hydrogen-bond acceptors (Lipinski definition) is 1. The summed E-state index contributed by atoms with van der Waals surface area (Å²) in [4.78, 5) is 11.1. The van der Waals surface area contributed by atoms with Crippen molar-refractivity contribution in [1.82, 2.24) is 0 Å². The van der Waals surface area contributed by atoms with Gasteiger partial charge in [-0.05, 0) is 31.9 Å². The molecular weight excluding hydrogens is 160 g/mol. The zero-order valence-corrected chi connectivity index (χ0v) is 8.35. The lowest BCUT2D eigenvalue weighted by Gasteiger charge is -2.06. The number of Topliss-reactive ketones (excluding diaryl/α,β-unsaturated/α-hetero) is 1. The molecule has 68 valence electrons. The molecular formula is C12H14O. The van der Waals surface area contributed by atoms with E-state index in [1.54, 1.807) is 6.92 Å². The van der Waals surface area contributed by atoms with Crippen molar-refractivity contribution in [3.63, 3.8) is 0 Å². The van der Waals surface area contributed by atoms with Gasteiger partial charge in [-0.2, -0.15) is 0 Å². The average Bonchev–Trinajstić information content (AvgIpc) is 2.03. The van der Waals surface area contributed by atoms with Gasteiger partial charge in [-0.3, -0.25) is 4.79 Å². The second kappa shape index (κ2) is 3.56. The van der Waals surface area contributed by atoms with Crippen molar-refractivity contribution in [3.8, 4) is 0 Å². The molecule has 1 rings (SSSR count).